The van der Waals surface area contributed by atoms with E-state index in [0.29, 0.717) is 22.0 Å². The van der Waals surface area contributed by atoms with Crippen molar-refractivity contribution in [3.8, 4) is 0 Å². The average Bonchev–Trinajstić information content (AvgIpc) is 2.90. The van der Waals surface area contributed by atoms with E-state index in [1.807, 2.05) is 0 Å². The van der Waals surface area contributed by atoms with Crippen LogP contribution in [0.5, 0.6) is 0 Å². The van der Waals surface area contributed by atoms with Gasteiger partial charge in [0, 0.05) is 5.56 Å². The van der Waals surface area contributed by atoms with Crippen LogP contribution < -0.4 is 0 Å². The van der Waals surface area contributed by atoms with Crippen LogP contribution in [0.15, 0.2) is 28.0 Å². The number of hydrogen-bond donors (Lipinski definition) is 0. The molecule has 0 aliphatic heterocycles. The maximum Gasteiger partial charge on any atom is 0.155 e. The summed E-state index contributed by atoms with van der Waals surface area (Å²) in [5, 5.41) is 12.0. The van der Waals surface area contributed by atoms with Gasteiger partial charge < -0.3 is 4.84 Å². The van der Waals surface area contributed by atoms with Crippen molar-refractivity contribution in [2.45, 2.75) is 25.9 Å². The van der Waals surface area contributed by atoms with Gasteiger partial charge in [0.05, 0.1) is 5.02 Å². The molecule has 2 aromatic rings. The molecule has 1 heterocycles. The lowest BCUT2D eigenvalue weighted by Crippen LogP contribution is -2.12. The van der Waals surface area contributed by atoms with Crippen LogP contribution in [-0.4, -0.2) is 16.0 Å². The van der Waals surface area contributed by atoms with E-state index in [9.17, 15) is 4.39 Å². The highest BCUT2D eigenvalue weighted by Gasteiger charge is 2.21. The Bertz CT molecular complexity index is 657. The molecule has 0 saturated carbocycles. The fourth-order valence-electron chi connectivity index (χ4n) is 2.04. The van der Waals surface area contributed by atoms with Gasteiger partial charge in [0.2, 0.25) is 0 Å². The van der Waals surface area contributed by atoms with Crippen molar-refractivity contribution in [2.24, 2.45) is 5.16 Å². The number of fused-ring (bicyclic) bond motifs is 1. The Morgan fingerprint density at radius 3 is 3.10 bits per heavy atom. The van der Waals surface area contributed by atoms with Crippen LogP contribution in [0.4, 0.5) is 4.39 Å². The van der Waals surface area contributed by atoms with Crippen LogP contribution in [0.3, 0.4) is 0 Å². The van der Waals surface area contributed by atoms with Gasteiger partial charge in [-0.05, 0) is 36.6 Å². The summed E-state index contributed by atoms with van der Waals surface area (Å²) in [5.41, 5.74) is 2.84. The molecule has 104 valence electrons. The lowest BCUT2D eigenvalue weighted by molar-refractivity contribution is 0.130. The van der Waals surface area contributed by atoms with Crippen LogP contribution in [0.25, 0.3) is 0 Å². The molecule has 0 spiro atoms. The number of benzene rings is 1. The smallest absolute Gasteiger partial charge is 0.155 e. The second-order valence-corrected chi connectivity index (χ2v) is 4.87. The number of nitrogens with zero attached hydrogens (tertiary/aromatic N) is 3. The molecule has 1 aliphatic rings. The van der Waals surface area contributed by atoms with Crippen molar-refractivity contribution in [1.29, 1.82) is 0 Å². The van der Waals surface area contributed by atoms with Crippen molar-refractivity contribution in [2.75, 3.05) is 0 Å². The number of halogens is 2. The van der Waals surface area contributed by atoms with Gasteiger partial charge in [-0.3, -0.25) is 0 Å². The molecule has 1 aromatic carbocycles. The minimum Gasteiger partial charge on any atom is -0.391 e. The van der Waals surface area contributed by atoms with Gasteiger partial charge in [0.15, 0.2) is 5.69 Å². The first kappa shape index (κ1) is 13.1. The molecule has 0 amide bonds. The van der Waals surface area contributed by atoms with Crippen molar-refractivity contribution in [1.82, 2.24) is 10.3 Å². The summed E-state index contributed by atoms with van der Waals surface area (Å²) in [6.07, 6.45) is 2.53. The van der Waals surface area contributed by atoms with E-state index >= 15 is 0 Å². The highest BCUT2D eigenvalue weighted by atomic mass is 35.5. The molecule has 1 aromatic heterocycles. The normalized spacial score (nSPS) is 16.2. The highest BCUT2D eigenvalue weighted by Crippen LogP contribution is 2.20. The lowest BCUT2D eigenvalue weighted by Gasteiger charge is -2.09. The zero-order valence-corrected chi connectivity index (χ0v) is 11.2. The largest absolute Gasteiger partial charge is 0.391 e. The van der Waals surface area contributed by atoms with Gasteiger partial charge in [0.25, 0.3) is 0 Å². The van der Waals surface area contributed by atoms with Gasteiger partial charge in [0.1, 0.15) is 23.8 Å². The standard InChI is InChI=1S/C13H11ClFN3O2/c14-10-6-9(15)5-4-8(10)7-19-16-11-2-1-3-12-13(11)18-20-17-12/h4-6H,1-3,7H2. The molecule has 3 rings (SSSR count). The van der Waals surface area contributed by atoms with Crippen LogP contribution in [0.1, 0.15) is 29.8 Å². The third-order valence-corrected chi connectivity index (χ3v) is 3.42. The van der Waals surface area contributed by atoms with Crippen molar-refractivity contribution in [3.63, 3.8) is 0 Å². The first-order valence-electron chi connectivity index (χ1n) is 6.18. The number of hydrogen-bond acceptors (Lipinski definition) is 5. The summed E-state index contributed by atoms with van der Waals surface area (Å²) in [5.74, 6) is -0.379. The second-order valence-electron chi connectivity index (χ2n) is 4.46. The molecule has 0 unspecified atom stereocenters. The Balaban J connectivity index is 1.70. The summed E-state index contributed by atoms with van der Waals surface area (Å²) in [7, 11) is 0. The van der Waals surface area contributed by atoms with Crippen molar-refractivity contribution in [3.05, 3.63) is 46.0 Å². The van der Waals surface area contributed by atoms with Crippen molar-refractivity contribution < 1.29 is 13.9 Å². The van der Waals surface area contributed by atoms with Crippen molar-refractivity contribution >= 4 is 17.3 Å². The van der Waals surface area contributed by atoms with E-state index in [1.165, 1.54) is 12.1 Å². The molecule has 7 heteroatoms. The third kappa shape index (κ3) is 2.65. The molecular formula is C13H11ClFN3O2. The maximum absolute atomic E-state index is 12.9. The van der Waals surface area contributed by atoms with E-state index < -0.39 is 0 Å². The summed E-state index contributed by atoms with van der Waals surface area (Å²) in [6, 6.07) is 4.15. The minimum absolute atomic E-state index is 0.170. The maximum atomic E-state index is 12.9. The average molecular weight is 296 g/mol. The molecule has 0 bridgehead atoms. The summed E-state index contributed by atoms with van der Waals surface area (Å²) in [6.45, 7) is 0.170. The third-order valence-electron chi connectivity index (χ3n) is 3.07. The lowest BCUT2D eigenvalue weighted by atomic mass is 9.99. The summed E-state index contributed by atoms with van der Waals surface area (Å²) >= 11 is 5.91. The molecule has 0 saturated heterocycles. The zero-order chi connectivity index (χ0) is 13.9. The van der Waals surface area contributed by atoms with Gasteiger partial charge in [-0.2, -0.15) is 0 Å². The number of aromatic nitrogens is 2. The predicted octanol–water partition coefficient (Wildman–Crippen LogP) is 3.12. The SMILES string of the molecule is Fc1ccc(CON=C2CCCc3nonc32)c(Cl)c1. The topological polar surface area (TPSA) is 60.5 Å². The molecule has 5 nitrogen and oxygen atoms in total. The predicted molar refractivity (Wildman–Crippen MR) is 70.0 cm³/mol. The van der Waals surface area contributed by atoms with E-state index in [4.69, 9.17) is 21.1 Å². The molecule has 0 fully saturated rings. The molecule has 0 N–H and O–H groups in total. The number of rotatable bonds is 3. The summed E-state index contributed by atoms with van der Waals surface area (Å²) in [4.78, 5) is 5.28. The molecule has 0 radical (unpaired) electrons. The highest BCUT2D eigenvalue weighted by molar-refractivity contribution is 6.31. The second kappa shape index (κ2) is 5.58. The Kier molecular flexibility index (Phi) is 3.64. The number of oxime groups is 1. The van der Waals surface area contributed by atoms with Gasteiger partial charge in [-0.1, -0.05) is 28.0 Å². The Labute approximate surface area is 119 Å². The van der Waals surface area contributed by atoms with Gasteiger partial charge >= 0.3 is 0 Å². The Morgan fingerprint density at radius 1 is 1.35 bits per heavy atom. The first-order chi connectivity index (χ1) is 9.74. The monoisotopic (exact) mass is 295 g/mol. The van der Waals surface area contributed by atoms with Crippen LogP contribution in [-0.2, 0) is 17.9 Å². The minimum atomic E-state index is -0.379. The first-order valence-corrected chi connectivity index (χ1v) is 6.56. The van der Waals surface area contributed by atoms with Crippen LogP contribution in [0.2, 0.25) is 5.02 Å². The van der Waals surface area contributed by atoms with Crippen LogP contribution >= 0.6 is 11.6 Å². The van der Waals surface area contributed by atoms with E-state index in [2.05, 4.69) is 15.5 Å². The van der Waals surface area contributed by atoms with E-state index in [-0.39, 0.29) is 12.4 Å². The Hall–Kier alpha value is -1.95. The molecule has 20 heavy (non-hydrogen) atoms. The molecule has 1 aliphatic carbocycles. The molecule has 0 atom stereocenters. The molecular weight excluding hydrogens is 285 g/mol. The Morgan fingerprint density at radius 2 is 2.25 bits per heavy atom. The summed E-state index contributed by atoms with van der Waals surface area (Å²) < 4.78 is 17.6. The van der Waals surface area contributed by atoms with Gasteiger partial charge in [-0.15, -0.1) is 0 Å². The fraction of sp³-hybridized carbons (Fsp3) is 0.308. The van der Waals surface area contributed by atoms with E-state index in [0.717, 1.165) is 25.0 Å². The van der Waals surface area contributed by atoms with E-state index in [1.54, 1.807) is 6.07 Å². The zero-order valence-electron chi connectivity index (χ0n) is 10.5. The fourth-order valence-corrected chi connectivity index (χ4v) is 2.26. The van der Waals surface area contributed by atoms with Gasteiger partial charge in [-0.25, -0.2) is 9.02 Å². The number of aryl methyl sites for hydroxylation is 1. The van der Waals surface area contributed by atoms with Crippen LogP contribution in [0, 0.1) is 5.82 Å². The quantitative estimate of drug-likeness (QED) is 0.816.